The third kappa shape index (κ3) is 9.02. The van der Waals surface area contributed by atoms with Crippen LogP contribution in [0.15, 0.2) is 54.7 Å². The Labute approximate surface area is 308 Å². The second-order valence-electron chi connectivity index (χ2n) is 13.6. The first-order valence-electron chi connectivity index (χ1n) is 17.8. The molecule has 0 saturated carbocycles. The molecule has 15 heteroatoms. The number of nitrogens with zero attached hydrogens (tertiary/aromatic N) is 3. The molecule has 4 atom stereocenters. The maximum absolute atomic E-state index is 13.5. The van der Waals surface area contributed by atoms with Crippen LogP contribution in [0.1, 0.15) is 68.7 Å². The summed E-state index contributed by atoms with van der Waals surface area (Å²) in [6, 6.07) is 12.4. The highest BCUT2D eigenvalue weighted by molar-refractivity contribution is 6.00. The van der Waals surface area contributed by atoms with Crippen LogP contribution in [-0.2, 0) is 23.9 Å². The van der Waals surface area contributed by atoms with Crippen molar-refractivity contribution in [3.05, 3.63) is 66.1 Å². The van der Waals surface area contributed by atoms with Crippen LogP contribution in [-0.4, -0.2) is 107 Å². The summed E-state index contributed by atoms with van der Waals surface area (Å²) in [6.07, 6.45) is 3.03. The number of amides is 5. The third-order valence-corrected chi connectivity index (χ3v) is 9.80. The van der Waals surface area contributed by atoms with Gasteiger partial charge in [-0.1, -0.05) is 62.4 Å². The summed E-state index contributed by atoms with van der Waals surface area (Å²) in [5.41, 5.74) is 3.98. The van der Waals surface area contributed by atoms with E-state index in [1.807, 2.05) is 50.2 Å². The number of aromatic amines is 1. The van der Waals surface area contributed by atoms with Crippen molar-refractivity contribution in [1.82, 2.24) is 35.7 Å². The number of aromatic nitrogens is 2. The minimum Gasteiger partial charge on any atom is -0.453 e. The van der Waals surface area contributed by atoms with Crippen LogP contribution in [0.2, 0.25) is 0 Å². The monoisotopic (exact) mass is 729 g/mol. The number of piperidine rings is 1. The molecule has 5 rings (SSSR count). The number of likely N-dealkylation sites (tertiary alicyclic amines) is 2. The summed E-state index contributed by atoms with van der Waals surface area (Å²) in [6.45, 7) is 6.05. The lowest BCUT2D eigenvalue weighted by Gasteiger charge is -2.35. The molecule has 0 spiro atoms. The zero-order valence-electron chi connectivity index (χ0n) is 30.6. The Hall–Kier alpha value is -5.73. The highest BCUT2D eigenvalue weighted by Gasteiger charge is 2.38. The average molecular weight is 730 g/mol. The lowest BCUT2D eigenvalue weighted by molar-refractivity contribution is -0.143. The van der Waals surface area contributed by atoms with Crippen molar-refractivity contribution in [3.8, 4) is 22.4 Å². The lowest BCUT2D eigenvalue weighted by atomic mass is 10.0. The van der Waals surface area contributed by atoms with E-state index in [2.05, 4.69) is 30.7 Å². The van der Waals surface area contributed by atoms with Crippen molar-refractivity contribution in [2.24, 2.45) is 5.92 Å². The Morgan fingerprint density at radius 2 is 1.49 bits per heavy atom. The van der Waals surface area contributed by atoms with E-state index in [4.69, 9.17) is 4.74 Å². The zero-order valence-corrected chi connectivity index (χ0v) is 30.6. The van der Waals surface area contributed by atoms with E-state index in [0.29, 0.717) is 37.3 Å². The number of hydrogen-bond acceptors (Lipinski definition) is 9. The number of ether oxygens (including phenoxy) is 2. The summed E-state index contributed by atoms with van der Waals surface area (Å²) in [5.74, 6) is -0.722. The topological polar surface area (TPSA) is 192 Å². The molecule has 2 aliphatic heterocycles. The van der Waals surface area contributed by atoms with Gasteiger partial charge in [0.1, 0.15) is 23.9 Å². The Morgan fingerprint density at radius 3 is 2.13 bits per heavy atom. The first kappa shape index (κ1) is 38.5. The number of ketones is 1. The molecule has 2 fully saturated rings. The fraction of sp³-hybridized carbons (Fsp3) is 0.447. The number of methoxy groups -OCH3 is 2. The van der Waals surface area contributed by atoms with Crippen LogP contribution in [0.3, 0.4) is 0 Å². The second kappa shape index (κ2) is 17.2. The SMILES string of the molecule is COC(=O)NC1CCCN(C(C)C(=O)NCC(=O)c2ccc(-c3ccc(-c4cnc(C5CCCN5C(=O)C(NC(=O)OC)C(C)C)[nH]4)cc3)cc2)C1=O. The number of imidazole rings is 1. The molecule has 1 aromatic heterocycles. The van der Waals surface area contributed by atoms with Gasteiger partial charge in [0.2, 0.25) is 17.7 Å². The lowest BCUT2D eigenvalue weighted by Crippen LogP contribution is -2.58. The van der Waals surface area contributed by atoms with Gasteiger partial charge >= 0.3 is 12.2 Å². The molecule has 282 valence electrons. The molecule has 3 heterocycles. The van der Waals surface area contributed by atoms with E-state index in [1.54, 1.807) is 30.2 Å². The molecule has 4 N–H and O–H groups in total. The van der Waals surface area contributed by atoms with Gasteiger partial charge in [0.25, 0.3) is 0 Å². The molecule has 2 saturated heterocycles. The van der Waals surface area contributed by atoms with E-state index in [9.17, 15) is 28.8 Å². The fourth-order valence-corrected chi connectivity index (χ4v) is 6.71. The predicted molar refractivity (Wildman–Crippen MR) is 194 cm³/mol. The van der Waals surface area contributed by atoms with Crippen LogP contribution in [0, 0.1) is 5.92 Å². The Morgan fingerprint density at radius 1 is 0.868 bits per heavy atom. The van der Waals surface area contributed by atoms with E-state index in [-0.39, 0.29) is 36.1 Å². The first-order valence-corrected chi connectivity index (χ1v) is 17.8. The fourth-order valence-electron chi connectivity index (χ4n) is 6.71. The van der Waals surface area contributed by atoms with Crippen molar-refractivity contribution < 1.29 is 38.2 Å². The molecule has 0 bridgehead atoms. The summed E-state index contributed by atoms with van der Waals surface area (Å²) in [5, 5.41) is 7.81. The molecule has 2 aromatic carbocycles. The van der Waals surface area contributed by atoms with Gasteiger partial charge < -0.3 is 40.2 Å². The molecular weight excluding hydrogens is 682 g/mol. The van der Waals surface area contributed by atoms with Gasteiger partial charge in [-0.3, -0.25) is 19.2 Å². The minimum absolute atomic E-state index is 0.125. The van der Waals surface area contributed by atoms with Crippen molar-refractivity contribution in [3.63, 3.8) is 0 Å². The number of nitrogens with one attached hydrogen (secondary N) is 4. The summed E-state index contributed by atoms with van der Waals surface area (Å²) in [7, 11) is 2.49. The van der Waals surface area contributed by atoms with Crippen LogP contribution >= 0.6 is 0 Å². The molecule has 4 unspecified atom stereocenters. The Balaban J connectivity index is 1.16. The molecule has 0 aliphatic carbocycles. The number of carbonyl (C=O) groups is 6. The van der Waals surface area contributed by atoms with Crippen LogP contribution < -0.4 is 16.0 Å². The third-order valence-electron chi connectivity index (χ3n) is 9.80. The minimum atomic E-state index is -0.822. The van der Waals surface area contributed by atoms with Crippen LogP contribution in [0.5, 0.6) is 0 Å². The summed E-state index contributed by atoms with van der Waals surface area (Å²) < 4.78 is 9.31. The molecule has 0 radical (unpaired) electrons. The predicted octanol–water partition coefficient (Wildman–Crippen LogP) is 3.82. The molecule has 15 nitrogen and oxygen atoms in total. The number of carbonyl (C=O) groups excluding carboxylic acids is 6. The zero-order chi connectivity index (χ0) is 38.2. The van der Waals surface area contributed by atoms with Crippen molar-refractivity contribution in [2.45, 2.75) is 70.6 Å². The van der Waals surface area contributed by atoms with Gasteiger partial charge in [-0.25, -0.2) is 14.6 Å². The van der Waals surface area contributed by atoms with Gasteiger partial charge in [0.05, 0.1) is 38.7 Å². The Bertz CT molecular complexity index is 1810. The van der Waals surface area contributed by atoms with Gasteiger partial charge in [0, 0.05) is 18.7 Å². The number of Topliss-reactive ketones (excluding diaryl/α,β-unsaturated/α-hetero) is 1. The van der Waals surface area contributed by atoms with E-state index >= 15 is 0 Å². The highest BCUT2D eigenvalue weighted by Crippen LogP contribution is 2.33. The van der Waals surface area contributed by atoms with Gasteiger partial charge in [-0.15, -0.1) is 0 Å². The number of alkyl carbamates (subject to hydrolysis) is 2. The largest absolute Gasteiger partial charge is 0.453 e. The van der Waals surface area contributed by atoms with Crippen molar-refractivity contribution in [1.29, 1.82) is 0 Å². The quantitative estimate of drug-likeness (QED) is 0.201. The summed E-state index contributed by atoms with van der Waals surface area (Å²) >= 11 is 0. The Kier molecular flexibility index (Phi) is 12.5. The van der Waals surface area contributed by atoms with Crippen LogP contribution in [0.4, 0.5) is 9.59 Å². The maximum Gasteiger partial charge on any atom is 0.407 e. The van der Waals surface area contributed by atoms with Gasteiger partial charge in [0.15, 0.2) is 5.78 Å². The molecule has 5 amide bonds. The van der Waals surface area contributed by atoms with Gasteiger partial charge in [-0.2, -0.15) is 0 Å². The standard InChI is InChI=1S/C38H47N7O8/c1-22(2)32(43-38(51)53-5)36(49)45-19-7-9-30(45)33-39-20-29(41-33)26-14-10-24(11-15-26)25-12-16-27(17-13-25)31(46)21-40-34(47)23(3)44-18-6-8-28(35(44)48)42-37(50)52-4/h10-17,20,22-23,28,30,32H,6-9,18-19,21H2,1-5H3,(H,39,41)(H,40,47)(H,42,50)(H,43,51). The second-order valence-corrected chi connectivity index (χ2v) is 13.6. The molecule has 2 aliphatic rings. The number of H-pyrrole nitrogens is 1. The maximum atomic E-state index is 13.5. The van der Waals surface area contributed by atoms with E-state index in [1.165, 1.54) is 19.1 Å². The molecule has 3 aromatic rings. The number of rotatable bonds is 12. The van der Waals surface area contributed by atoms with E-state index in [0.717, 1.165) is 35.2 Å². The average Bonchev–Trinajstić information content (AvgIpc) is 3.87. The number of hydrogen-bond donors (Lipinski definition) is 4. The highest BCUT2D eigenvalue weighted by atomic mass is 16.5. The molecular formula is C38H47N7O8. The van der Waals surface area contributed by atoms with Crippen molar-refractivity contribution in [2.75, 3.05) is 33.9 Å². The first-order chi connectivity index (χ1) is 25.4. The number of benzene rings is 2. The van der Waals surface area contributed by atoms with Crippen LogP contribution in [0.25, 0.3) is 22.4 Å². The normalized spacial score (nSPS) is 18.3. The van der Waals surface area contributed by atoms with Gasteiger partial charge in [-0.05, 0) is 55.2 Å². The summed E-state index contributed by atoms with van der Waals surface area (Å²) in [4.78, 5) is 86.8. The van der Waals surface area contributed by atoms with E-state index < -0.39 is 36.2 Å². The molecule has 53 heavy (non-hydrogen) atoms. The van der Waals surface area contributed by atoms with Crippen molar-refractivity contribution >= 4 is 35.7 Å². The smallest absolute Gasteiger partial charge is 0.407 e.